The van der Waals surface area contributed by atoms with Gasteiger partial charge in [-0.05, 0) is 0 Å². The van der Waals surface area contributed by atoms with Crippen molar-refractivity contribution in [2.24, 2.45) is 0 Å². The van der Waals surface area contributed by atoms with Crippen LogP contribution in [0.3, 0.4) is 0 Å². The van der Waals surface area contributed by atoms with Crippen LogP contribution in [0.4, 0.5) is 16.6 Å². The van der Waals surface area contributed by atoms with Crippen LogP contribution in [0.2, 0.25) is 0 Å². The van der Waals surface area contributed by atoms with Crippen molar-refractivity contribution in [1.82, 2.24) is 19.9 Å². The molecule has 1 saturated heterocycles. The van der Waals surface area contributed by atoms with Gasteiger partial charge in [0.1, 0.15) is 5.52 Å². The molecule has 11 heteroatoms. The fourth-order valence-corrected chi connectivity index (χ4v) is 3.38. The Bertz CT molecular complexity index is 781. The van der Waals surface area contributed by atoms with Crippen LogP contribution in [-0.2, 0) is 9.53 Å². The van der Waals surface area contributed by atoms with Crippen LogP contribution in [0.25, 0.3) is 10.3 Å². The molecule has 2 aromatic rings. The van der Waals surface area contributed by atoms with E-state index in [1.54, 1.807) is 5.51 Å². The second-order valence-corrected chi connectivity index (χ2v) is 6.10. The van der Waals surface area contributed by atoms with Gasteiger partial charge in [0.2, 0.25) is 5.95 Å². The zero-order chi connectivity index (χ0) is 17.3. The number of nitrogens with zero attached hydrogens (tertiary/aromatic N) is 5. The van der Waals surface area contributed by atoms with Crippen molar-refractivity contribution in [2.75, 3.05) is 37.4 Å². The van der Waals surface area contributed by atoms with Crippen LogP contribution >= 0.6 is 11.3 Å². The number of nitrogen functional groups attached to an aromatic ring is 1. The van der Waals surface area contributed by atoms with Gasteiger partial charge < -0.3 is 25.4 Å². The number of hydrogen-bond donors (Lipinski definition) is 2. The number of aromatic nitrogens is 3. The Morgan fingerprint density at radius 2 is 2.25 bits per heavy atom. The number of ether oxygens (including phenoxy) is 1. The SMILES string of the molecule is COC(=O)CC1CN(C(=O)O)CCN1c1nc(N)nc2scnc12. The van der Waals surface area contributed by atoms with E-state index in [1.807, 2.05) is 4.90 Å². The first-order valence-electron chi connectivity index (χ1n) is 7.17. The maximum Gasteiger partial charge on any atom is 0.407 e. The summed E-state index contributed by atoms with van der Waals surface area (Å²) >= 11 is 1.34. The van der Waals surface area contributed by atoms with Gasteiger partial charge in [-0.2, -0.15) is 4.98 Å². The second kappa shape index (κ2) is 6.43. The Balaban J connectivity index is 1.97. The summed E-state index contributed by atoms with van der Waals surface area (Å²) in [6, 6.07) is -0.415. The zero-order valence-electron chi connectivity index (χ0n) is 12.9. The Kier molecular flexibility index (Phi) is 4.34. The number of hydrogen-bond acceptors (Lipinski definition) is 9. The third-order valence-electron chi connectivity index (χ3n) is 3.85. The van der Waals surface area contributed by atoms with E-state index < -0.39 is 18.1 Å². The summed E-state index contributed by atoms with van der Waals surface area (Å²) in [5.74, 6) is 0.200. The van der Waals surface area contributed by atoms with Crippen molar-refractivity contribution in [3.05, 3.63) is 5.51 Å². The summed E-state index contributed by atoms with van der Waals surface area (Å²) < 4.78 is 4.73. The lowest BCUT2D eigenvalue weighted by atomic mass is 10.1. The average Bonchev–Trinajstić information content (AvgIpc) is 3.02. The number of thiazole rings is 1. The number of anilines is 2. The van der Waals surface area contributed by atoms with Crippen LogP contribution in [0.1, 0.15) is 6.42 Å². The quantitative estimate of drug-likeness (QED) is 0.752. The fraction of sp³-hybridized carbons (Fsp3) is 0.462. The number of piperazine rings is 1. The monoisotopic (exact) mass is 352 g/mol. The van der Waals surface area contributed by atoms with Gasteiger partial charge in [0, 0.05) is 19.6 Å². The molecule has 0 aromatic carbocycles. The molecular formula is C13H16N6O4S. The van der Waals surface area contributed by atoms with Crippen LogP contribution in [0.5, 0.6) is 0 Å². The number of carbonyl (C=O) groups is 2. The van der Waals surface area contributed by atoms with Crippen molar-refractivity contribution in [3.8, 4) is 0 Å². The number of fused-ring (bicyclic) bond motifs is 1. The number of carboxylic acid groups (broad SMARTS) is 1. The van der Waals surface area contributed by atoms with E-state index in [9.17, 15) is 14.7 Å². The molecule has 0 spiro atoms. The first-order valence-corrected chi connectivity index (χ1v) is 8.05. The van der Waals surface area contributed by atoms with Gasteiger partial charge in [0.25, 0.3) is 0 Å². The highest BCUT2D eigenvalue weighted by molar-refractivity contribution is 7.16. The van der Waals surface area contributed by atoms with E-state index in [2.05, 4.69) is 15.0 Å². The average molecular weight is 352 g/mol. The molecule has 10 nitrogen and oxygen atoms in total. The van der Waals surface area contributed by atoms with Crippen molar-refractivity contribution < 1.29 is 19.4 Å². The summed E-state index contributed by atoms with van der Waals surface area (Å²) in [6.45, 7) is 0.833. The van der Waals surface area contributed by atoms with Gasteiger partial charge in [-0.15, -0.1) is 11.3 Å². The molecule has 1 atom stereocenters. The highest BCUT2D eigenvalue weighted by atomic mass is 32.1. The van der Waals surface area contributed by atoms with Gasteiger partial charge in [-0.1, -0.05) is 0 Å². The smallest absolute Gasteiger partial charge is 0.407 e. The van der Waals surface area contributed by atoms with E-state index in [1.165, 1.54) is 23.3 Å². The Labute approximate surface area is 140 Å². The highest BCUT2D eigenvalue weighted by Crippen LogP contribution is 2.29. The topological polar surface area (TPSA) is 135 Å². The molecule has 0 aliphatic carbocycles. The number of methoxy groups -OCH3 is 1. The minimum atomic E-state index is -1.02. The number of nitrogens with two attached hydrogens (primary N) is 1. The molecule has 1 aliphatic rings. The lowest BCUT2D eigenvalue weighted by Crippen LogP contribution is -2.55. The highest BCUT2D eigenvalue weighted by Gasteiger charge is 2.33. The van der Waals surface area contributed by atoms with E-state index in [-0.39, 0.29) is 18.9 Å². The van der Waals surface area contributed by atoms with E-state index in [0.717, 1.165) is 0 Å². The van der Waals surface area contributed by atoms with Gasteiger partial charge in [-0.3, -0.25) is 4.79 Å². The molecule has 1 amide bonds. The molecule has 0 saturated carbocycles. The fourth-order valence-electron chi connectivity index (χ4n) is 2.72. The molecule has 3 N–H and O–H groups in total. The normalized spacial score (nSPS) is 18.0. The molecule has 1 fully saturated rings. The predicted octanol–water partition coefficient (Wildman–Crippen LogP) is 0.400. The molecule has 3 rings (SSSR count). The van der Waals surface area contributed by atoms with Gasteiger partial charge >= 0.3 is 12.1 Å². The Morgan fingerprint density at radius 3 is 2.96 bits per heavy atom. The third-order valence-corrected chi connectivity index (χ3v) is 4.57. The van der Waals surface area contributed by atoms with Crippen LogP contribution in [0.15, 0.2) is 5.51 Å². The minimum Gasteiger partial charge on any atom is -0.469 e. The third kappa shape index (κ3) is 3.02. The molecule has 0 bridgehead atoms. The van der Waals surface area contributed by atoms with Crippen molar-refractivity contribution in [2.45, 2.75) is 12.5 Å². The first kappa shape index (κ1) is 16.2. The maximum absolute atomic E-state index is 11.7. The number of amides is 1. The number of esters is 1. The number of carbonyl (C=O) groups excluding carboxylic acids is 1. The van der Waals surface area contributed by atoms with Crippen LogP contribution in [-0.4, -0.2) is 69.8 Å². The molecule has 0 radical (unpaired) electrons. The Hall–Kier alpha value is -2.69. The molecule has 2 aromatic heterocycles. The van der Waals surface area contributed by atoms with Gasteiger partial charge in [-0.25, -0.2) is 14.8 Å². The summed E-state index contributed by atoms with van der Waals surface area (Å²) in [5, 5.41) is 9.22. The minimum absolute atomic E-state index is 0.0375. The maximum atomic E-state index is 11.7. The molecule has 24 heavy (non-hydrogen) atoms. The standard InChI is InChI=1S/C13H16N6O4S/c1-23-8(20)4-7-5-18(13(21)22)2-3-19(7)10-9-11(24-6-15-9)17-12(14)16-10/h6-7H,2-5H2,1H3,(H,21,22)(H2,14,16,17). The van der Waals surface area contributed by atoms with Crippen molar-refractivity contribution in [1.29, 1.82) is 0 Å². The Morgan fingerprint density at radius 1 is 1.46 bits per heavy atom. The zero-order valence-corrected chi connectivity index (χ0v) is 13.7. The van der Waals surface area contributed by atoms with E-state index >= 15 is 0 Å². The van der Waals surface area contributed by atoms with Crippen molar-refractivity contribution in [3.63, 3.8) is 0 Å². The molecular weight excluding hydrogens is 336 g/mol. The first-order chi connectivity index (χ1) is 11.5. The molecule has 3 heterocycles. The summed E-state index contributed by atoms with van der Waals surface area (Å²) in [6.07, 6.45) is -0.985. The van der Waals surface area contributed by atoms with E-state index in [0.29, 0.717) is 29.3 Å². The predicted molar refractivity (Wildman–Crippen MR) is 87.0 cm³/mol. The van der Waals surface area contributed by atoms with E-state index in [4.69, 9.17) is 10.5 Å². The summed E-state index contributed by atoms with van der Waals surface area (Å²) in [7, 11) is 1.30. The summed E-state index contributed by atoms with van der Waals surface area (Å²) in [5.41, 5.74) is 8.01. The molecule has 1 unspecified atom stereocenters. The second-order valence-electron chi connectivity index (χ2n) is 5.27. The number of rotatable bonds is 3. The summed E-state index contributed by atoms with van der Waals surface area (Å²) in [4.78, 5) is 39.4. The van der Waals surface area contributed by atoms with Crippen LogP contribution < -0.4 is 10.6 Å². The lowest BCUT2D eigenvalue weighted by Gasteiger charge is -2.40. The van der Waals surface area contributed by atoms with Crippen molar-refractivity contribution >= 4 is 45.5 Å². The molecule has 1 aliphatic heterocycles. The van der Waals surface area contributed by atoms with Gasteiger partial charge in [0.15, 0.2) is 10.6 Å². The molecule has 128 valence electrons. The lowest BCUT2D eigenvalue weighted by molar-refractivity contribution is -0.141. The largest absolute Gasteiger partial charge is 0.469 e. The van der Waals surface area contributed by atoms with Gasteiger partial charge in [0.05, 0.1) is 25.1 Å². The van der Waals surface area contributed by atoms with Crippen LogP contribution in [0, 0.1) is 0 Å².